The van der Waals surface area contributed by atoms with Crippen LogP contribution in [0, 0.1) is 0 Å². The van der Waals surface area contributed by atoms with Crippen LogP contribution in [0.15, 0.2) is 54.6 Å². The third kappa shape index (κ3) is 1.84. The molecule has 22 heavy (non-hydrogen) atoms. The Bertz CT molecular complexity index is 741. The third-order valence-electron chi connectivity index (χ3n) is 4.67. The van der Waals surface area contributed by atoms with Crippen molar-refractivity contribution in [2.24, 2.45) is 0 Å². The third-order valence-corrected chi connectivity index (χ3v) is 4.67. The van der Waals surface area contributed by atoms with Crippen LogP contribution >= 0.6 is 0 Å². The van der Waals surface area contributed by atoms with Crippen molar-refractivity contribution >= 4 is 11.9 Å². The normalized spacial score (nSPS) is 24.0. The molecule has 1 amide bonds. The highest BCUT2D eigenvalue weighted by Gasteiger charge is 2.51. The van der Waals surface area contributed by atoms with Gasteiger partial charge in [-0.1, -0.05) is 48.5 Å². The van der Waals surface area contributed by atoms with E-state index in [0.29, 0.717) is 11.1 Å². The van der Waals surface area contributed by atoms with Crippen LogP contribution in [0.4, 0.5) is 0 Å². The smallest absolute Gasteiger partial charge is 0.313 e. The van der Waals surface area contributed by atoms with E-state index in [-0.39, 0.29) is 5.91 Å². The van der Waals surface area contributed by atoms with Gasteiger partial charge >= 0.3 is 5.97 Å². The van der Waals surface area contributed by atoms with Crippen molar-refractivity contribution in [2.75, 3.05) is 7.05 Å². The number of carboxylic acid groups (broad SMARTS) is 1. The molecule has 0 radical (unpaired) electrons. The summed E-state index contributed by atoms with van der Waals surface area (Å²) in [6.07, 6.45) is 0. The van der Waals surface area contributed by atoms with E-state index in [1.807, 2.05) is 37.3 Å². The molecular weight excluding hydrogens is 278 g/mol. The van der Waals surface area contributed by atoms with E-state index in [9.17, 15) is 14.7 Å². The Balaban J connectivity index is 2.30. The van der Waals surface area contributed by atoms with Gasteiger partial charge in [0, 0.05) is 12.6 Å². The van der Waals surface area contributed by atoms with Crippen molar-refractivity contribution in [1.82, 2.24) is 4.90 Å². The molecule has 0 aromatic heterocycles. The quantitative estimate of drug-likeness (QED) is 0.927. The summed E-state index contributed by atoms with van der Waals surface area (Å²) >= 11 is 0. The SMILES string of the molecule is CN1C(=O)c2ccccc2C(C(=O)O)C1(C)c1ccccc1. The Morgan fingerprint density at radius 1 is 1.09 bits per heavy atom. The molecule has 1 heterocycles. The number of fused-ring (bicyclic) bond motifs is 1. The molecule has 0 aliphatic carbocycles. The maximum atomic E-state index is 12.7. The lowest BCUT2D eigenvalue weighted by Gasteiger charge is -2.47. The summed E-state index contributed by atoms with van der Waals surface area (Å²) in [6, 6.07) is 16.3. The number of aliphatic carboxylic acids is 1. The first kappa shape index (κ1) is 14.3. The van der Waals surface area contributed by atoms with Crippen molar-refractivity contribution < 1.29 is 14.7 Å². The van der Waals surface area contributed by atoms with E-state index in [1.54, 1.807) is 36.2 Å². The van der Waals surface area contributed by atoms with Crippen molar-refractivity contribution in [3.8, 4) is 0 Å². The van der Waals surface area contributed by atoms with Crippen molar-refractivity contribution in [3.05, 3.63) is 71.3 Å². The molecule has 4 heteroatoms. The minimum absolute atomic E-state index is 0.153. The zero-order valence-electron chi connectivity index (χ0n) is 12.5. The highest BCUT2D eigenvalue weighted by molar-refractivity contribution is 6.00. The predicted octanol–water partition coefficient (Wildman–Crippen LogP) is 2.86. The number of carboxylic acids is 1. The van der Waals surface area contributed by atoms with Crippen LogP contribution in [0.5, 0.6) is 0 Å². The Morgan fingerprint density at radius 3 is 2.32 bits per heavy atom. The molecule has 0 fully saturated rings. The maximum absolute atomic E-state index is 12.7. The van der Waals surface area contributed by atoms with Gasteiger partial charge in [0.05, 0.1) is 5.54 Å². The molecule has 112 valence electrons. The molecule has 1 aliphatic heterocycles. The summed E-state index contributed by atoms with van der Waals surface area (Å²) in [7, 11) is 1.67. The number of rotatable bonds is 2. The molecule has 0 saturated heterocycles. The van der Waals surface area contributed by atoms with Crippen LogP contribution in [0.1, 0.15) is 34.3 Å². The van der Waals surface area contributed by atoms with Gasteiger partial charge in [-0.25, -0.2) is 0 Å². The number of hydrogen-bond donors (Lipinski definition) is 1. The van der Waals surface area contributed by atoms with Crippen LogP contribution in [-0.4, -0.2) is 28.9 Å². The van der Waals surface area contributed by atoms with Crippen molar-refractivity contribution in [2.45, 2.75) is 18.4 Å². The fourth-order valence-electron chi connectivity index (χ4n) is 3.34. The van der Waals surface area contributed by atoms with Gasteiger partial charge in [0.15, 0.2) is 0 Å². The average Bonchev–Trinajstić information content (AvgIpc) is 2.53. The molecule has 0 spiro atoms. The standard InChI is InChI=1S/C18H17NO3/c1-18(12-8-4-3-5-9-12)15(17(21)22)13-10-6-7-11-14(13)16(20)19(18)2/h3-11,15H,1-2H3,(H,21,22). The van der Waals surface area contributed by atoms with Crippen LogP contribution in [0.25, 0.3) is 0 Å². The molecule has 4 nitrogen and oxygen atoms in total. The molecule has 3 rings (SSSR count). The van der Waals surface area contributed by atoms with Crippen molar-refractivity contribution in [3.63, 3.8) is 0 Å². The highest BCUT2D eigenvalue weighted by Crippen LogP contribution is 2.46. The van der Waals surface area contributed by atoms with Crippen LogP contribution in [0.2, 0.25) is 0 Å². The predicted molar refractivity (Wildman–Crippen MR) is 82.7 cm³/mol. The summed E-state index contributed by atoms with van der Waals surface area (Å²) in [5.74, 6) is -1.90. The van der Waals surface area contributed by atoms with Gasteiger partial charge in [-0.3, -0.25) is 9.59 Å². The first-order valence-corrected chi connectivity index (χ1v) is 7.13. The van der Waals surface area contributed by atoms with Gasteiger partial charge in [-0.05, 0) is 24.1 Å². The minimum atomic E-state index is -0.932. The van der Waals surface area contributed by atoms with E-state index in [1.165, 1.54) is 0 Å². The largest absolute Gasteiger partial charge is 0.481 e. The Kier molecular flexibility index (Phi) is 3.24. The summed E-state index contributed by atoms with van der Waals surface area (Å²) in [5, 5.41) is 9.85. The molecule has 1 N–H and O–H groups in total. The fraction of sp³-hybridized carbons (Fsp3) is 0.222. The van der Waals surface area contributed by atoms with E-state index in [4.69, 9.17) is 0 Å². The van der Waals surface area contributed by atoms with Gasteiger partial charge in [0.1, 0.15) is 5.92 Å². The van der Waals surface area contributed by atoms with E-state index in [0.717, 1.165) is 5.56 Å². The second-order valence-corrected chi connectivity index (χ2v) is 5.74. The first-order valence-electron chi connectivity index (χ1n) is 7.13. The maximum Gasteiger partial charge on any atom is 0.313 e. The molecule has 2 aromatic carbocycles. The molecule has 2 unspecified atom stereocenters. The lowest BCUT2D eigenvalue weighted by atomic mass is 9.70. The lowest BCUT2D eigenvalue weighted by molar-refractivity contribution is -0.142. The second-order valence-electron chi connectivity index (χ2n) is 5.74. The number of amides is 1. The lowest BCUT2D eigenvalue weighted by Crippen LogP contribution is -2.54. The van der Waals surface area contributed by atoms with E-state index in [2.05, 4.69) is 0 Å². The topological polar surface area (TPSA) is 57.6 Å². The number of hydrogen-bond acceptors (Lipinski definition) is 2. The minimum Gasteiger partial charge on any atom is -0.481 e. The molecule has 0 bridgehead atoms. The van der Waals surface area contributed by atoms with Crippen LogP contribution < -0.4 is 0 Å². The average molecular weight is 295 g/mol. The number of nitrogens with zero attached hydrogens (tertiary/aromatic N) is 1. The summed E-state index contributed by atoms with van der Waals surface area (Å²) in [4.78, 5) is 26.3. The van der Waals surface area contributed by atoms with Crippen LogP contribution in [-0.2, 0) is 10.3 Å². The molecular formula is C18H17NO3. The Morgan fingerprint density at radius 2 is 1.68 bits per heavy atom. The number of carbonyl (C=O) groups excluding carboxylic acids is 1. The monoisotopic (exact) mass is 295 g/mol. The fourth-order valence-corrected chi connectivity index (χ4v) is 3.34. The van der Waals surface area contributed by atoms with Gasteiger partial charge in [0.25, 0.3) is 5.91 Å². The van der Waals surface area contributed by atoms with E-state index < -0.39 is 17.4 Å². The zero-order valence-corrected chi connectivity index (χ0v) is 12.5. The first-order chi connectivity index (χ1) is 10.5. The van der Waals surface area contributed by atoms with Gasteiger partial charge in [0.2, 0.25) is 0 Å². The van der Waals surface area contributed by atoms with Gasteiger partial charge < -0.3 is 10.0 Å². The molecule has 1 aliphatic rings. The zero-order chi connectivity index (χ0) is 15.9. The molecule has 2 atom stereocenters. The summed E-state index contributed by atoms with van der Waals surface area (Å²) in [5.41, 5.74) is 0.918. The van der Waals surface area contributed by atoms with Gasteiger partial charge in [-0.15, -0.1) is 0 Å². The second kappa shape index (κ2) is 4.98. The number of likely N-dealkylation sites (N-methyl/N-ethyl adjacent to an activating group) is 1. The van der Waals surface area contributed by atoms with Crippen molar-refractivity contribution in [1.29, 1.82) is 0 Å². The Hall–Kier alpha value is -2.62. The molecule has 2 aromatic rings. The molecule has 0 saturated carbocycles. The Labute approximate surface area is 129 Å². The number of carbonyl (C=O) groups is 2. The summed E-state index contributed by atoms with van der Waals surface area (Å²) < 4.78 is 0. The van der Waals surface area contributed by atoms with E-state index >= 15 is 0 Å². The van der Waals surface area contributed by atoms with Gasteiger partial charge in [-0.2, -0.15) is 0 Å². The van der Waals surface area contributed by atoms with Crippen LogP contribution in [0.3, 0.4) is 0 Å². The number of benzene rings is 2. The highest BCUT2D eigenvalue weighted by atomic mass is 16.4. The summed E-state index contributed by atoms with van der Waals surface area (Å²) in [6.45, 7) is 1.81.